The van der Waals surface area contributed by atoms with Gasteiger partial charge in [0.25, 0.3) is 0 Å². The summed E-state index contributed by atoms with van der Waals surface area (Å²) in [7, 11) is 2.00. The number of allylic oxidation sites excluding steroid dienone is 4. The third-order valence-electron chi connectivity index (χ3n) is 11.0. The van der Waals surface area contributed by atoms with Gasteiger partial charge in [-0.15, -0.1) is 0 Å². The number of ether oxygens (including phenoxy) is 4. The molecule has 0 saturated carbocycles. The lowest BCUT2D eigenvalue weighted by molar-refractivity contribution is -0.670. The van der Waals surface area contributed by atoms with Crippen molar-refractivity contribution in [3.63, 3.8) is 0 Å². The lowest BCUT2D eigenvalue weighted by Crippen LogP contribution is -2.45. The highest BCUT2D eigenvalue weighted by Crippen LogP contribution is 2.50. The first-order valence-electron chi connectivity index (χ1n) is 16.4. The summed E-state index contributed by atoms with van der Waals surface area (Å²) >= 11 is 0. The van der Waals surface area contributed by atoms with Gasteiger partial charge in [-0.25, -0.2) is 9.55 Å². The van der Waals surface area contributed by atoms with Crippen LogP contribution >= 0.6 is 0 Å². The van der Waals surface area contributed by atoms with Crippen LogP contribution in [0.2, 0.25) is 0 Å². The lowest BCUT2D eigenvalue weighted by Gasteiger charge is -2.41. The van der Waals surface area contributed by atoms with Gasteiger partial charge in [-0.1, -0.05) is 65.0 Å². The maximum Gasteiger partial charge on any atom is 0.241 e. The van der Waals surface area contributed by atoms with Gasteiger partial charge in [-0.3, -0.25) is 0 Å². The smallest absolute Gasteiger partial charge is 0.241 e. The van der Waals surface area contributed by atoms with Crippen molar-refractivity contribution < 1.29 is 23.5 Å². The molecule has 0 aromatic carbocycles. The maximum atomic E-state index is 7.07. The third kappa shape index (κ3) is 6.67. The summed E-state index contributed by atoms with van der Waals surface area (Å²) in [6, 6.07) is 0. The van der Waals surface area contributed by atoms with Gasteiger partial charge in [0.2, 0.25) is 6.33 Å². The Hall–Kier alpha value is -2.41. The van der Waals surface area contributed by atoms with Crippen LogP contribution in [0.3, 0.4) is 0 Å². The summed E-state index contributed by atoms with van der Waals surface area (Å²) in [4.78, 5) is 3.24. The highest BCUT2D eigenvalue weighted by atomic mass is 16.7. The number of rotatable bonds is 8. The van der Waals surface area contributed by atoms with Crippen LogP contribution in [-0.4, -0.2) is 41.8 Å². The molecule has 3 aliphatic heterocycles. The van der Waals surface area contributed by atoms with Gasteiger partial charge in [0.1, 0.15) is 29.3 Å². The van der Waals surface area contributed by atoms with Gasteiger partial charge in [0, 0.05) is 5.92 Å². The molecule has 10 atom stereocenters. The fourth-order valence-electron chi connectivity index (χ4n) is 7.60. The van der Waals surface area contributed by atoms with Crippen molar-refractivity contribution in [2.75, 3.05) is 13.2 Å². The second-order valence-corrected chi connectivity index (χ2v) is 14.6. The van der Waals surface area contributed by atoms with E-state index >= 15 is 0 Å². The molecule has 236 valence electrons. The van der Waals surface area contributed by atoms with Crippen molar-refractivity contribution >= 4 is 6.08 Å². The van der Waals surface area contributed by atoms with Crippen LogP contribution in [0.15, 0.2) is 66.4 Å². The first-order chi connectivity index (χ1) is 20.3. The van der Waals surface area contributed by atoms with Gasteiger partial charge in [-0.05, 0) is 92.9 Å². The molecule has 1 aromatic rings. The Balaban J connectivity index is 1.46. The van der Waals surface area contributed by atoms with E-state index in [0.717, 1.165) is 25.1 Å². The van der Waals surface area contributed by atoms with Gasteiger partial charge < -0.3 is 18.9 Å². The highest BCUT2D eigenvalue weighted by molar-refractivity contribution is 5.46. The van der Waals surface area contributed by atoms with Crippen molar-refractivity contribution in [2.45, 2.75) is 91.8 Å². The zero-order valence-corrected chi connectivity index (χ0v) is 27.9. The molecular formula is C37H55N2O4+. The van der Waals surface area contributed by atoms with E-state index in [0.29, 0.717) is 53.8 Å². The number of fused-ring (bicyclic) bond motifs is 3. The summed E-state index contributed by atoms with van der Waals surface area (Å²) in [6.07, 6.45) is 18.8. The number of imidazole rings is 1. The van der Waals surface area contributed by atoms with Crippen LogP contribution in [0.1, 0.15) is 73.9 Å². The Morgan fingerprint density at radius 3 is 2.67 bits per heavy atom. The molecule has 2 bridgehead atoms. The minimum Gasteiger partial charge on any atom is -0.488 e. The molecule has 4 aliphatic rings. The number of hydrogen-bond acceptors (Lipinski definition) is 4. The monoisotopic (exact) mass is 591 g/mol. The van der Waals surface area contributed by atoms with Crippen LogP contribution in [0, 0.1) is 41.4 Å². The maximum absolute atomic E-state index is 7.07. The molecule has 1 aromatic heterocycles. The molecule has 1 saturated heterocycles. The fraction of sp³-hybridized carbons (Fsp3) is 0.649. The van der Waals surface area contributed by atoms with Crippen LogP contribution in [0.25, 0.3) is 6.08 Å². The molecule has 5 rings (SSSR count). The van der Waals surface area contributed by atoms with E-state index in [2.05, 4.69) is 91.3 Å². The normalized spacial score (nSPS) is 40.8. The predicted molar refractivity (Wildman–Crippen MR) is 172 cm³/mol. The summed E-state index contributed by atoms with van der Waals surface area (Å²) in [5.74, 6) is 3.83. The van der Waals surface area contributed by atoms with Gasteiger partial charge >= 0.3 is 0 Å². The average molecular weight is 592 g/mol. The van der Waals surface area contributed by atoms with Gasteiger partial charge in [0.05, 0.1) is 20.3 Å². The SMILES string of the molecule is C=C(/C=C/c1c[n+](C)c[nH]1)O[C@H]1C[C@H]2C(C)=CC[C@H](C(C)C)[C@H]2/C=C(/COC2OCC(C)C(C)C2C)[C@@]2(C)C=C[C@]1(C)O2. The van der Waals surface area contributed by atoms with Crippen molar-refractivity contribution in [3.8, 4) is 0 Å². The highest BCUT2D eigenvalue weighted by Gasteiger charge is 2.51. The standard InChI is InChI=1S/C37H54N2O4/c1-23(2)31-14-11-24(3)32-18-34(42-26(5)12-13-30-19-39(10)22-38-30)37(9)16-15-36(8,43-37)29(17-33(31)32)21-41-35-28(7)27(6)25(4)20-40-35/h11-13,15-17,19,22-23,25,27-28,31-35H,5,14,18,20-21H2,1-4,6-10H3/p+1/b13-12+,29-17-/t25?,27?,28?,31-,32+,33-,34+,35?,36-,37+/m1/s1. The molecule has 4 unspecified atom stereocenters. The molecule has 6 nitrogen and oxygen atoms in total. The number of hydrogen-bond donors (Lipinski definition) is 1. The van der Waals surface area contributed by atoms with E-state index in [1.54, 1.807) is 0 Å². The Bertz CT molecular complexity index is 1290. The largest absolute Gasteiger partial charge is 0.488 e. The van der Waals surface area contributed by atoms with E-state index in [1.807, 2.05) is 36.3 Å². The second kappa shape index (κ2) is 12.5. The van der Waals surface area contributed by atoms with E-state index in [1.165, 1.54) is 11.1 Å². The van der Waals surface area contributed by atoms with Crippen molar-refractivity contribution in [2.24, 2.45) is 48.5 Å². The molecule has 43 heavy (non-hydrogen) atoms. The van der Waals surface area contributed by atoms with Crippen LogP contribution in [0.5, 0.6) is 0 Å². The molecule has 1 N–H and O–H groups in total. The van der Waals surface area contributed by atoms with Gasteiger partial charge in [-0.2, -0.15) is 0 Å². The van der Waals surface area contributed by atoms with Crippen molar-refractivity contribution in [1.82, 2.24) is 4.98 Å². The summed E-state index contributed by atoms with van der Waals surface area (Å²) in [6.45, 7) is 23.7. The Labute approximate surface area is 259 Å². The predicted octanol–water partition coefficient (Wildman–Crippen LogP) is 7.32. The topological polar surface area (TPSA) is 56.6 Å². The number of nitrogens with one attached hydrogen (secondary N) is 1. The molecule has 1 fully saturated rings. The molecule has 0 spiro atoms. The zero-order chi connectivity index (χ0) is 31.1. The fourth-order valence-corrected chi connectivity index (χ4v) is 7.60. The quantitative estimate of drug-likeness (QED) is 0.149. The second-order valence-electron chi connectivity index (χ2n) is 14.6. The lowest BCUT2D eigenvalue weighted by atomic mass is 9.65. The average Bonchev–Trinajstić information content (AvgIpc) is 3.53. The Morgan fingerprint density at radius 2 is 1.98 bits per heavy atom. The minimum absolute atomic E-state index is 0.207. The summed E-state index contributed by atoms with van der Waals surface area (Å²) < 4.78 is 28.6. The number of aromatic amines is 1. The minimum atomic E-state index is -0.623. The van der Waals surface area contributed by atoms with Crippen LogP contribution in [-0.2, 0) is 26.0 Å². The van der Waals surface area contributed by atoms with Crippen LogP contribution < -0.4 is 4.57 Å². The number of aromatic nitrogens is 2. The van der Waals surface area contributed by atoms with E-state index in [4.69, 9.17) is 18.9 Å². The third-order valence-corrected chi connectivity index (χ3v) is 11.0. The zero-order valence-electron chi connectivity index (χ0n) is 27.9. The molecule has 0 amide bonds. The molecule has 0 radical (unpaired) electrons. The molecule has 1 aliphatic carbocycles. The Kier molecular flexibility index (Phi) is 9.33. The van der Waals surface area contributed by atoms with Crippen molar-refractivity contribution in [3.05, 3.63) is 72.1 Å². The summed E-state index contributed by atoms with van der Waals surface area (Å²) in [5.41, 5.74) is 2.40. The van der Waals surface area contributed by atoms with E-state index < -0.39 is 11.2 Å². The molecular weight excluding hydrogens is 536 g/mol. The first kappa shape index (κ1) is 32.0. The van der Waals surface area contributed by atoms with E-state index in [9.17, 15) is 0 Å². The molecule has 6 heteroatoms. The van der Waals surface area contributed by atoms with E-state index in [-0.39, 0.29) is 12.4 Å². The Morgan fingerprint density at radius 1 is 1.21 bits per heavy atom. The first-order valence-corrected chi connectivity index (χ1v) is 16.4. The number of nitrogens with zero attached hydrogens (tertiary/aromatic N) is 1. The molecule has 4 heterocycles. The van der Waals surface area contributed by atoms with Crippen molar-refractivity contribution in [1.29, 1.82) is 0 Å². The van der Waals surface area contributed by atoms with Crippen LogP contribution in [0.4, 0.5) is 0 Å². The number of aryl methyl sites for hydroxylation is 1. The number of H-pyrrole nitrogens is 1. The summed E-state index contributed by atoms with van der Waals surface area (Å²) in [5, 5.41) is 0. The van der Waals surface area contributed by atoms with Gasteiger partial charge in [0.15, 0.2) is 12.0 Å².